The van der Waals surface area contributed by atoms with Crippen LogP contribution in [0.25, 0.3) is 0 Å². The highest BCUT2D eigenvalue weighted by atomic mass is 19.1. The summed E-state index contributed by atoms with van der Waals surface area (Å²) in [6.07, 6.45) is 0. The molecular formula is C11H15FN2O2. The number of nitrogen functional groups attached to an aromatic ring is 1. The molecule has 1 fully saturated rings. The molecule has 88 valence electrons. The van der Waals surface area contributed by atoms with E-state index < -0.39 is 5.82 Å². The second kappa shape index (κ2) is 4.57. The van der Waals surface area contributed by atoms with Crippen LogP contribution < -0.4 is 15.4 Å². The first-order valence-corrected chi connectivity index (χ1v) is 5.18. The number of nitrogens with zero attached hydrogens (tertiary/aromatic N) is 1. The number of morpholine rings is 1. The van der Waals surface area contributed by atoms with Gasteiger partial charge in [-0.15, -0.1) is 0 Å². The minimum atomic E-state index is -0.433. The number of hydrogen-bond acceptors (Lipinski definition) is 4. The van der Waals surface area contributed by atoms with Crippen molar-refractivity contribution < 1.29 is 13.9 Å². The van der Waals surface area contributed by atoms with Crippen molar-refractivity contribution >= 4 is 11.4 Å². The molecule has 0 aliphatic carbocycles. The SMILES string of the molecule is COc1cc(N2CCOCC2)c(N)cc1F. The molecule has 0 spiro atoms. The van der Waals surface area contributed by atoms with Crippen LogP contribution in [0.4, 0.5) is 15.8 Å². The summed E-state index contributed by atoms with van der Waals surface area (Å²) in [5.41, 5.74) is 7.04. The fourth-order valence-electron chi connectivity index (χ4n) is 1.79. The summed E-state index contributed by atoms with van der Waals surface area (Å²) in [6.45, 7) is 2.86. The Kier molecular flexibility index (Phi) is 3.14. The van der Waals surface area contributed by atoms with Gasteiger partial charge in [-0.3, -0.25) is 0 Å². The van der Waals surface area contributed by atoms with Gasteiger partial charge < -0.3 is 20.1 Å². The first-order valence-electron chi connectivity index (χ1n) is 5.18. The summed E-state index contributed by atoms with van der Waals surface area (Å²) >= 11 is 0. The standard InChI is InChI=1S/C11H15FN2O2/c1-15-11-7-10(9(13)6-8(11)12)14-2-4-16-5-3-14/h6-7H,2-5,13H2,1H3. The molecule has 5 heteroatoms. The summed E-state index contributed by atoms with van der Waals surface area (Å²) in [5.74, 6) is -0.215. The molecule has 0 amide bonds. The number of ether oxygens (including phenoxy) is 2. The van der Waals surface area contributed by atoms with Crippen LogP contribution in [0.2, 0.25) is 0 Å². The van der Waals surface area contributed by atoms with Crippen molar-refractivity contribution in [1.82, 2.24) is 0 Å². The zero-order valence-electron chi connectivity index (χ0n) is 9.20. The van der Waals surface area contributed by atoms with Gasteiger partial charge in [0.05, 0.1) is 31.7 Å². The van der Waals surface area contributed by atoms with Gasteiger partial charge in [-0.2, -0.15) is 0 Å². The van der Waals surface area contributed by atoms with Gasteiger partial charge in [-0.1, -0.05) is 0 Å². The molecule has 0 radical (unpaired) electrons. The molecule has 2 N–H and O–H groups in total. The number of methoxy groups -OCH3 is 1. The van der Waals surface area contributed by atoms with Crippen LogP contribution in [0.5, 0.6) is 5.75 Å². The van der Waals surface area contributed by atoms with Crippen molar-refractivity contribution in [3.8, 4) is 5.75 Å². The van der Waals surface area contributed by atoms with Crippen molar-refractivity contribution in [2.45, 2.75) is 0 Å². The molecule has 16 heavy (non-hydrogen) atoms. The summed E-state index contributed by atoms with van der Waals surface area (Å²) in [4.78, 5) is 2.07. The van der Waals surface area contributed by atoms with Crippen LogP contribution >= 0.6 is 0 Å². The first kappa shape index (κ1) is 11.0. The van der Waals surface area contributed by atoms with Crippen molar-refractivity contribution in [2.75, 3.05) is 44.0 Å². The molecular weight excluding hydrogens is 211 g/mol. The normalized spacial score (nSPS) is 16.2. The Morgan fingerprint density at radius 3 is 2.69 bits per heavy atom. The van der Waals surface area contributed by atoms with Crippen molar-refractivity contribution in [3.05, 3.63) is 17.9 Å². The number of nitrogens with two attached hydrogens (primary N) is 1. The Bertz CT molecular complexity index is 378. The van der Waals surface area contributed by atoms with Gasteiger partial charge >= 0.3 is 0 Å². The monoisotopic (exact) mass is 226 g/mol. The van der Waals surface area contributed by atoms with Gasteiger partial charge in [0.25, 0.3) is 0 Å². The van der Waals surface area contributed by atoms with Gasteiger partial charge in [0.1, 0.15) is 0 Å². The molecule has 0 atom stereocenters. The predicted octanol–water partition coefficient (Wildman–Crippen LogP) is 1.25. The Morgan fingerprint density at radius 1 is 1.38 bits per heavy atom. The van der Waals surface area contributed by atoms with E-state index in [9.17, 15) is 4.39 Å². The summed E-state index contributed by atoms with van der Waals surface area (Å²) in [5, 5.41) is 0. The number of rotatable bonds is 2. The van der Waals surface area contributed by atoms with E-state index >= 15 is 0 Å². The third kappa shape index (κ3) is 2.04. The zero-order valence-corrected chi connectivity index (χ0v) is 9.20. The molecule has 0 aromatic heterocycles. The molecule has 0 bridgehead atoms. The molecule has 4 nitrogen and oxygen atoms in total. The Hall–Kier alpha value is -1.49. The Balaban J connectivity index is 2.31. The lowest BCUT2D eigenvalue weighted by Gasteiger charge is -2.30. The lowest BCUT2D eigenvalue weighted by atomic mass is 10.2. The first-order chi connectivity index (χ1) is 7.72. The van der Waals surface area contributed by atoms with Crippen LogP contribution in [0, 0.1) is 5.82 Å². The lowest BCUT2D eigenvalue weighted by Crippen LogP contribution is -2.36. The van der Waals surface area contributed by atoms with Crippen LogP contribution in [0.3, 0.4) is 0 Å². The highest BCUT2D eigenvalue weighted by molar-refractivity contribution is 5.70. The van der Waals surface area contributed by atoms with E-state index in [1.165, 1.54) is 13.2 Å². The van der Waals surface area contributed by atoms with Crippen LogP contribution in [-0.4, -0.2) is 33.4 Å². The Labute approximate surface area is 93.7 Å². The molecule has 1 heterocycles. The smallest absolute Gasteiger partial charge is 0.167 e. The van der Waals surface area contributed by atoms with E-state index in [0.29, 0.717) is 18.9 Å². The summed E-state index contributed by atoms with van der Waals surface area (Å²) < 4.78 is 23.5. The number of benzene rings is 1. The minimum absolute atomic E-state index is 0.218. The molecule has 2 rings (SSSR count). The minimum Gasteiger partial charge on any atom is -0.494 e. The predicted molar refractivity (Wildman–Crippen MR) is 60.4 cm³/mol. The zero-order chi connectivity index (χ0) is 11.5. The van der Waals surface area contributed by atoms with Gasteiger partial charge in [0.2, 0.25) is 0 Å². The molecule has 0 unspecified atom stereocenters. The Morgan fingerprint density at radius 2 is 2.06 bits per heavy atom. The van der Waals surface area contributed by atoms with E-state index in [4.69, 9.17) is 15.2 Å². The van der Waals surface area contributed by atoms with Crippen LogP contribution in [0.15, 0.2) is 12.1 Å². The summed E-state index contributed by atoms with van der Waals surface area (Å²) in [6, 6.07) is 2.93. The molecule has 1 saturated heterocycles. The maximum Gasteiger partial charge on any atom is 0.167 e. The van der Waals surface area contributed by atoms with E-state index in [0.717, 1.165) is 18.8 Å². The van der Waals surface area contributed by atoms with Crippen molar-refractivity contribution in [3.63, 3.8) is 0 Å². The van der Waals surface area contributed by atoms with Gasteiger partial charge in [0, 0.05) is 25.2 Å². The fourth-order valence-corrected chi connectivity index (χ4v) is 1.79. The maximum absolute atomic E-state index is 13.3. The number of anilines is 2. The third-order valence-corrected chi connectivity index (χ3v) is 2.65. The number of hydrogen-bond donors (Lipinski definition) is 1. The molecule has 1 aromatic carbocycles. The fraction of sp³-hybridized carbons (Fsp3) is 0.455. The van der Waals surface area contributed by atoms with E-state index in [-0.39, 0.29) is 5.75 Å². The van der Waals surface area contributed by atoms with E-state index in [2.05, 4.69) is 4.90 Å². The van der Waals surface area contributed by atoms with Crippen molar-refractivity contribution in [2.24, 2.45) is 0 Å². The average Bonchev–Trinajstić information content (AvgIpc) is 2.30. The molecule has 0 saturated carbocycles. The van der Waals surface area contributed by atoms with Gasteiger partial charge in [-0.05, 0) is 0 Å². The molecule has 1 aliphatic rings. The highest BCUT2D eigenvalue weighted by Gasteiger charge is 2.16. The van der Waals surface area contributed by atoms with Crippen LogP contribution in [-0.2, 0) is 4.74 Å². The molecule has 1 aliphatic heterocycles. The van der Waals surface area contributed by atoms with E-state index in [1.807, 2.05) is 0 Å². The lowest BCUT2D eigenvalue weighted by molar-refractivity contribution is 0.122. The second-order valence-corrected chi connectivity index (χ2v) is 3.64. The van der Waals surface area contributed by atoms with Gasteiger partial charge in [-0.25, -0.2) is 4.39 Å². The summed E-state index contributed by atoms with van der Waals surface area (Å²) in [7, 11) is 1.44. The largest absolute Gasteiger partial charge is 0.494 e. The third-order valence-electron chi connectivity index (χ3n) is 2.65. The van der Waals surface area contributed by atoms with E-state index in [1.54, 1.807) is 6.07 Å². The average molecular weight is 226 g/mol. The van der Waals surface area contributed by atoms with Crippen LogP contribution in [0.1, 0.15) is 0 Å². The topological polar surface area (TPSA) is 47.7 Å². The van der Waals surface area contributed by atoms with Gasteiger partial charge in [0.15, 0.2) is 11.6 Å². The maximum atomic E-state index is 13.3. The molecule has 1 aromatic rings. The highest BCUT2D eigenvalue weighted by Crippen LogP contribution is 2.31. The quantitative estimate of drug-likeness (QED) is 0.771. The number of halogens is 1. The van der Waals surface area contributed by atoms with Crippen molar-refractivity contribution in [1.29, 1.82) is 0 Å². The second-order valence-electron chi connectivity index (χ2n) is 3.64.